The maximum atomic E-state index is 5.45. The molecule has 0 radical (unpaired) electrons. The average molecular weight is 909 g/mol. The topological polar surface area (TPSA) is 25.8 Å². The molecule has 0 atom stereocenters. The van der Waals surface area contributed by atoms with Crippen LogP contribution < -0.4 is 0 Å². The summed E-state index contributed by atoms with van der Waals surface area (Å²) in [5.74, 6) is 0.691. The van der Waals surface area contributed by atoms with Crippen LogP contribution in [0.25, 0.3) is 131 Å². The predicted octanol–water partition coefficient (Wildman–Crippen LogP) is 18.6. The lowest BCUT2D eigenvalue weighted by molar-refractivity contribution is 0.661. The van der Waals surface area contributed by atoms with E-state index < -0.39 is 0 Å². The van der Waals surface area contributed by atoms with Gasteiger partial charge in [-0.1, -0.05) is 190 Å². The smallest absolute Gasteiger partial charge is 0.160 e. The number of thiophene rings is 1. The highest BCUT2D eigenvalue weighted by molar-refractivity contribution is 7.25. The molecule has 2 nitrogen and oxygen atoms in total. The molecule has 2 heterocycles. The Kier molecular flexibility index (Phi) is 9.14. The summed E-state index contributed by atoms with van der Waals surface area (Å²) in [7, 11) is 0. The van der Waals surface area contributed by atoms with Crippen molar-refractivity contribution in [1.82, 2.24) is 9.97 Å². The van der Waals surface area contributed by atoms with E-state index in [1.807, 2.05) is 11.3 Å². The highest BCUT2D eigenvalue weighted by Crippen LogP contribution is 2.54. The quantitative estimate of drug-likeness (QED) is 0.166. The van der Waals surface area contributed by atoms with Crippen LogP contribution in [0.5, 0.6) is 0 Å². The van der Waals surface area contributed by atoms with Crippen LogP contribution in [0.1, 0.15) is 25.0 Å². The van der Waals surface area contributed by atoms with E-state index in [2.05, 4.69) is 244 Å². The third-order valence-corrected chi connectivity index (χ3v) is 16.0. The van der Waals surface area contributed by atoms with Gasteiger partial charge < -0.3 is 0 Å². The summed E-state index contributed by atoms with van der Waals surface area (Å²) >= 11 is 1.85. The second kappa shape index (κ2) is 15.8. The Balaban J connectivity index is 0.978. The molecule has 0 fully saturated rings. The number of hydrogen-bond donors (Lipinski definition) is 0. The van der Waals surface area contributed by atoms with Gasteiger partial charge in [-0.25, -0.2) is 9.97 Å². The first-order valence-electron chi connectivity index (χ1n) is 24.1. The Morgan fingerprint density at radius 3 is 1.77 bits per heavy atom. The predicted molar refractivity (Wildman–Crippen MR) is 298 cm³/mol. The molecule has 3 heteroatoms. The standard InChI is InChI=1S/C67H44N2S/c1-67(2)59-28-15-27-56(65(59)58-38-43-19-6-7-20-44(43)39-60(58)67)53-31-32-54(52-24-11-10-23-51(52)53)62-40-61(68-66(69-62)42-17-4-3-5-18-42)48-35-46(34-47(36-48)50-26-14-21-41-16-8-9-22-49(41)50)45-30-33-64-57(37-45)55-25-12-13-29-63(55)70-64/h3-40H,1-2H3. The first-order valence-corrected chi connectivity index (χ1v) is 24.9. The molecule has 0 N–H and O–H groups in total. The number of benzene rings is 11. The van der Waals surface area contributed by atoms with Gasteiger partial charge in [-0.3, -0.25) is 0 Å². The van der Waals surface area contributed by atoms with E-state index >= 15 is 0 Å². The number of aromatic nitrogens is 2. The van der Waals surface area contributed by atoms with Gasteiger partial charge in [0.05, 0.1) is 11.4 Å². The first kappa shape index (κ1) is 40.6. The van der Waals surface area contributed by atoms with Gasteiger partial charge in [-0.05, 0) is 143 Å². The summed E-state index contributed by atoms with van der Waals surface area (Å²) in [5.41, 5.74) is 17.2. The summed E-state index contributed by atoms with van der Waals surface area (Å²) in [5, 5.41) is 9.89. The second-order valence-corrected chi connectivity index (χ2v) is 20.4. The Hall–Kier alpha value is -8.50. The molecule has 0 spiro atoms. The molecule has 1 aliphatic rings. The van der Waals surface area contributed by atoms with Crippen molar-refractivity contribution >= 4 is 63.8 Å². The molecule has 0 unspecified atom stereocenters. The molecular formula is C67H44N2S. The maximum Gasteiger partial charge on any atom is 0.160 e. The molecule has 0 saturated heterocycles. The van der Waals surface area contributed by atoms with E-state index in [1.54, 1.807) is 0 Å². The lowest BCUT2D eigenvalue weighted by Crippen LogP contribution is -2.14. The van der Waals surface area contributed by atoms with Gasteiger partial charge in [0.2, 0.25) is 0 Å². The molecule has 13 aromatic rings. The minimum Gasteiger partial charge on any atom is -0.228 e. The van der Waals surface area contributed by atoms with Crippen LogP contribution >= 0.6 is 11.3 Å². The van der Waals surface area contributed by atoms with E-state index in [1.165, 1.54) is 91.6 Å². The minimum atomic E-state index is -0.137. The zero-order valence-corrected chi connectivity index (χ0v) is 39.6. The van der Waals surface area contributed by atoms with Crippen molar-refractivity contribution in [1.29, 1.82) is 0 Å². The van der Waals surface area contributed by atoms with Crippen LogP contribution in [0.2, 0.25) is 0 Å². The van der Waals surface area contributed by atoms with Gasteiger partial charge in [0.25, 0.3) is 0 Å². The van der Waals surface area contributed by atoms with Gasteiger partial charge in [0, 0.05) is 42.3 Å². The number of nitrogens with zero attached hydrogens (tertiary/aromatic N) is 2. The van der Waals surface area contributed by atoms with E-state index in [0.717, 1.165) is 44.6 Å². The van der Waals surface area contributed by atoms with Crippen molar-refractivity contribution < 1.29 is 0 Å². The van der Waals surface area contributed by atoms with Crippen molar-refractivity contribution in [3.05, 3.63) is 242 Å². The number of rotatable bonds is 6. The van der Waals surface area contributed by atoms with Gasteiger partial charge in [-0.15, -0.1) is 11.3 Å². The monoisotopic (exact) mass is 908 g/mol. The first-order chi connectivity index (χ1) is 34.4. The second-order valence-electron chi connectivity index (χ2n) is 19.3. The highest BCUT2D eigenvalue weighted by atomic mass is 32.1. The van der Waals surface area contributed by atoms with Gasteiger partial charge >= 0.3 is 0 Å². The molecular weight excluding hydrogens is 865 g/mol. The SMILES string of the molecule is CC1(C)c2cc3ccccc3cc2-c2c(-c3ccc(-c4cc(-c5cc(-c6ccc7sc8ccccc8c7c6)cc(-c6cccc7ccccc67)c5)nc(-c5ccccc5)n4)c4ccccc34)cccc21. The molecule has 328 valence electrons. The lowest BCUT2D eigenvalue weighted by Gasteiger charge is -2.22. The number of fused-ring (bicyclic) bond motifs is 9. The van der Waals surface area contributed by atoms with E-state index in [9.17, 15) is 0 Å². The third kappa shape index (κ3) is 6.46. The van der Waals surface area contributed by atoms with Crippen molar-refractivity contribution in [2.24, 2.45) is 0 Å². The van der Waals surface area contributed by atoms with Crippen LogP contribution in [0.3, 0.4) is 0 Å². The molecule has 2 aromatic heterocycles. The van der Waals surface area contributed by atoms with Crippen molar-refractivity contribution in [2.45, 2.75) is 19.3 Å². The van der Waals surface area contributed by atoms with E-state index in [4.69, 9.17) is 9.97 Å². The van der Waals surface area contributed by atoms with Gasteiger partial charge in [-0.2, -0.15) is 0 Å². The number of hydrogen-bond acceptors (Lipinski definition) is 3. The van der Waals surface area contributed by atoms with E-state index in [0.29, 0.717) is 5.82 Å². The molecule has 0 aliphatic heterocycles. The molecule has 0 amide bonds. The van der Waals surface area contributed by atoms with Gasteiger partial charge in [0.15, 0.2) is 5.82 Å². The summed E-state index contributed by atoms with van der Waals surface area (Å²) in [6.45, 7) is 4.75. The molecule has 70 heavy (non-hydrogen) atoms. The summed E-state index contributed by atoms with van der Waals surface area (Å²) in [6, 6.07) is 84.6. The maximum absolute atomic E-state index is 5.45. The van der Waals surface area contributed by atoms with Crippen molar-refractivity contribution in [3.63, 3.8) is 0 Å². The normalized spacial score (nSPS) is 12.8. The Morgan fingerprint density at radius 1 is 0.314 bits per heavy atom. The minimum absolute atomic E-state index is 0.137. The van der Waals surface area contributed by atoms with Gasteiger partial charge in [0.1, 0.15) is 0 Å². The molecule has 0 bridgehead atoms. The summed E-state index contributed by atoms with van der Waals surface area (Å²) < 4.78 is 2.60. The van der Waals surface area contributed by atoms with Crippen LogP contribution in [-0.2, 0) is 5.41 Å². The van der Waals surface area contributed by atoms with E-state index in [-0.39, 0.29) is 5.41 Å². The van der Waals surface area contributed by atoms with Crippen molar-refractivity contribution in [2.75, 3.05) is 0 Å². The fourth-order valence-corrected chi connectivity index (χ4v) is 12.5. The summed E-state index contributed by atoms with van der Waals surface area (Å²) in [6.07, 6.45) is 0. The highest BCUT2D eigenvalue weighted by Gasteiger charge is 2.37. The fourth-order valence-electron chi connectivity index (χ4n) is 11.4. The van der Waals surface area contributed by atoms with Crippen LogP contribution in [0, 0.1) is 0 Å². The van der Waals surface area contributed by atoms with Crippen LogP contribution in [-0.4, -0.2) is 9.97 Å². The molecule has 14 rings (SSSR count). The fraction of sp³-hybridized carbons (Fsp3) is 0.0448. The Labute approximate surface area is 410 Å². The molecule has 1 aliphatic carbocycles. The Bertz CT molecular complexity index is 4270. The summed E-state index contributed by atoms with van der Waals surface area (Å²) in [4.78, 5) is 10.9. The van der Waals surface area contributed by atoms with Crippen LogP contribution in [0.4, 0.5) is 0 Å². The Morgan fingerprint density at radius 2 is 0.929 bits per heavy atom. The molecule has 0 saturated carbocycles. The van der Waals surface area contributed by atoms with Crippen LogP contribution in [0.15, 0.2) is 231 Å². The largest absolute Gasteiger partial charge is 0.228 e. The third-order valence-electron chi connectivity index (χ3n) is 14.9. The zero-order valence-electron chi connectivity index (χ0n) is 38.7. The zero-order chi connectivity index (χ0) is 46.5. The molecule has 11 aromatic carbocycles. The lowest BCUT2D eigenvalue weighted by atomic mass is 9.81. The van der Waals surface area contributed by atoms with Crippen molar-refractivity contribution in [3.8, 4) is 78.4 Å². The average Bonchev–Trinajstić information content (AvgIpc) is 3.90.